The van der Waals surface area contributed by atoms with Crippen molar-refractivity contribution in [3.63, 3.8) is 0 Å². The van der Waals surface area contributed by atoms with Crippen LogP contribution in [0, 0.1) is 0 Å². The SMILES string of the molecule is COc1ccc(NC(C)(CC(C)(C)OC)C(=O)O)cc1. The van der Waals surface area contributed by atoms with Crippen LogP contribution in [0.5, 0.6) is 5.75 Å². The third kappa shape index (κ3) is 4.13. The summed E-state index contributed by atoms with van der Waals surface area (Å²) in [4.78, 5) is 11.6. The minimum atomic E-state index is -1.12. The molecule has 1 aromatic rings. The van der Waals surface area contributed by atoms with Crippen molar-refractivity contribution in [2.75, 3.05) is 19.5 Å². The predicted molar refractivity (Wildman–Crippen MR) is 78.4 cm³/mol. The molecule has 0 amide bonds. The summed E-state index contributed by atoms with van der Waals surface area (Å²) in [6.45, 7) is 5.38. The first kappa shape index (κ1) is 16.3. The van der Waals surface area contributed by atoms with Gasteiger partial charge in [0.1, 0.15) is 11.3 Å². The Morgan fingerprint density at radius 2 is 1.75 bits per heavy atom. The van der Waals surface area contributed by atoms with Crippen LogP contribution in [0.25, 0.3) is 0 Å². The lowest BCUT2D eigenvalue weighted by atomic mass is 9.87. The van der Waals surface area contributed by atoms with Crippen LogP contribution in [0.15, 0.2) is 24.3 Å². The average molecular weight is 281 g/mol. The highest BCUT2D eigenvalue weighted by Crippen LogP contribution is 2.28. The zero-order valence-corrected chi connectivity index (χ0v) is 12.7. The number of aliphatic carboxylic acids is 1. The molecule has 0 fully saturated rings. The van der Waals surface area contributed by atoms with Crippen molar-refractivity contribution in [3.8, 4) is 5.75 Å². The van der Waals surface area contributed by atoms with Crippen LogP contribution in [-0.4, -0.2) is 36.4 Å². The molecule has 1 aromatic carbocycles. The van der Waals surface area contributed by atoms with Crippen molar-refractivity contribution in [2.45, 2.75) is 38.3 Å². The normalized spacial score (nSPS) is 14.4. The first-order valence-electron chi connectivity index (χ1n) is 6.43. The molecule has 0 aromatic heterocycles. The van der Waals surface area contributed by atoms with Crippen molar-refractivity contribution in [1.29, 1.82) is 0 Å². The van der Waals surface area contributed by atoms with E-state index < -0.39 is 17.1 Å². The number of carbonyl (C=O) groups is 1. The van der Waals surface area contributed by atoms with Gasteiger partial charge >= 0.3 is 5.97 Å². The molecule has 112 valence electrons. The van der Waals surface area contributed by atoms with Crippen LogP contribution in [0.1, 0.15) is 27.2 Å². The predicted octanol–water partition coefficient (Wildman–Crippen LogP) is 2.77. The van der Waals surface area contributed by atoms with Gasteiger partial charge in [0.25, 0.3) is 0 Å². The summed E-state index contributed by atoms with van der Waals surface area (Å²) in [5.74, 6) is -0.191. The number of ether oxygens (including phenoxy) is 2. The van der Waals surface area contributed by atoms with Crippen LogP contribution in [-0.2, 0) is 9.53 Å². The van der Waals surface area contributed by atoms with E-state index in [1.165, 1.54) is 0 Å². The van der Waals surface area contributed by atoms with Crippen LogP contribution in [0.4, 0.5) is 5.69 Å². The van der Waals surface area contributed by atoms with E-state index in [1.807, 2.05) is 13.8 Å². The molecule has 0 spiro atoms. The van der Waals surface area contributed by atoms with Crippen molar-refractivity contribution in [1.82, 2.24) is 0 Å². The van der Waals surface area contributed by atoms with Gasteiger partial charge in [0.05, 0.1) is 12.7 Å². The summed E-state index contributed by atoms with van der Waals surface area (Å²) in [7, 11) is 3.17. The number of nitrogens with one attached hydrogen (secondary N) is 1. The van der Waals surface area contributed by atoms with Crippen molar-refractivity contribution >= 4 is 11.7 Å². The molecule has 1 rings (SSSR count). The first-order chi connectivity index (χ1) is 9.22. The molecule has 0 saturated carbocycles. The Kier molecular flexibility index (Phi) is 5.00. The summed E-state index contributed by atoms with van der Waals surface area (Å²) >= 11 is 0. The summed E-state index contributed by atoms with van der Waals surface area (Å²) in [6, 6.07) is 7.15. The fourth-order valence-corrected chi connectivity index (χ4v) is 2.09. The largest absolute Gasteiger partial charge is 0.497 e. The van der Waals surface area contributed by atoms with E-state index in [4.69, 9.17) is 9.47 Å². The average Bonchev–Trinajstić information content (AvgIpc) is 2.39. The molecular weight excluding hydrogens is 258 g/mol. The maximum atomic E-state index is 11.6. The molecule has 5 nitrogen and oxygen atoms in total. The van der Waals surface area contributed by atoms with E-state index in [2.05, 4.69) is 5.32 Å². The molecule has 0 radical (unpaired) electrons. The number of rotatable bonds is 7. The summed E-state index contributed by atoms with van der Waals surface area (Å²) < 4.78 is 10.4. The number of anilines is 1. The lowest BCUT2D eigenvalue weighted by Gasteiger charge is -2.35. The van der Waals surface area contributed by atoms with Gasteiger partial charge in [-0.3, -0.25) is 0 Å². The molecule has 5 heteroatoms. The number of hydrogen-bond acceptors (Lipinski definition) is 4. The van der Waals surface area contributed by atoms with Crippen LogP contribution in [0.2, 0.25) is 0 Å². The lowest BCUT2D eigenvalue weighted by molar-refractivity contribution is -0.144. The van der Waals surface area contributed by atoms with Crippen LogP contribution < -0.4 is 10.1 Å². The maximum Gasteiger partial charge on any atom is 0.329 e. The molecule has 0 aliphatic carbocycles. The van der Waals surface area contributed by atoms with Crippen LogP contribution >= 0.6 is 0 Å². The fraction of sp³-hybridized carbons (Fsp3) is 0.533. The monoisotopic (exact) mass is 281 g/mol. The van der Waals surface area contributed by atoms with Gasteiger partial charge in [0.15, 0.2) is 0 Å². The molecule has 1 atom stereocenters. The second kappa shape index (κ2) is 6.13. The van der Waals surface area contributed by atoms with Gasteiger partial charge in [-0.2, -0.15) is 0 Å². The van der Waals surface area contributed by atoms with Crippen molar-refractivity contribution < 1.29 is 19.4 Å². The Labute approximate surface area is 119 Å². The maximum absolute atomic E-state index is 11.6. The molecule has 0 aliphatic rings. The first-order valence-corrected chi connectivity index (χ1v) is 6.43. The van der Waals surface area contributed by atoms with E-state index in [0.717, 1.165) is 11.4 Å². The van der Waals surface area contributed by atoms with Gasteiger partial charge in [0.2, 0.25) is 0 Å². The van der Waals surface area contributed by atoms with Gasteiger partial charge < -0.3 is 19.9 Å². The van der Waals surface area contributed by atoms with Gasteiger partial charge in [-0.1, -0.05) is 0 Å². The number of carboxylic acids is 1. The Morgan fingerprint density at radius 1 is 1.20 bits per heavy atom. The topological polar surface area (TPSA) is 67.8 Å². The highest BCUT2D eigenvalue weighted by molar-refractivity contribution is 5.82. The van der Waals surface area contributed by atoms with Gasteiger partial charge in [-0.15, -0.1) is 0 Å². The van der Waals surface area contributed by atoms with E-state index >= 15 is 0 Å². The fourth-order valence-electron chi connectivity index (χ4n) is 2.09. The number of hydrogen-bond donors (Lipinski definition) is 2. The standard InChI is InChI=1S/C15H23NO4/c1-14(2,20-5)10-15(3,13(17)18)16-11-6-8-12(19-4)9-7-11/h6-9,16H,10H2,1-5H3,(H,17,18). The smallest absolute Gasteiger partial charge is 0.329 e. The Hall–Kier alpha value is -1.75. The quantitative estimate of drug-likeness (QED) is 0.804. The molecule has 2 N–H and O–H groups in total. The van der Waals surface area contributed by atoms with E-state index in [1.54, 1.807) is 45.4 Å². The van der Waals surface area contributed by atoms with E-state index in [0.29, 0.717) is 6.42 Å². The third-order valence-electron chi connectivity index (χ3n) is 3.31. The highest BCUT2D eigenvalue weighted by atomic mass is 16.5. The minimum Gasteiger partial charge on any atom is -0.497 e. The van der Waals surface area contributed by atoms with Gasteiger partial charge in [-0.25, -0.2) is 4.79 Å². The van der Waals surface area contributed by atoms with Crippen LogP contribution in [0.3, 0.4) is 0 Å². The van der Waals surface area contributed by atoms with Gasteiger partial charge in [-0.05, 0) is 45.0 Å². The zero-order chi connectivity index (χ0) is 15.4. The van der Waals surface area contributed by atoms with Crippen molar-refractivity contribution in [2.24, 2.45) is 0 Å². The zero-order valence-electron chi connectivity index (χ0n) is 12.7. The summed E-state index contributed by atoms with van der Waals surface area (Å²) in [5, 5.41) is 12.6. The van der Waals surface area contributed by atoms with E-state index in [9.17, 15) is 9.90 Å². The number of methoxy groups -OCH3 is 2. The summed E-state index contributed by atoms with van der Waals surface area (Å²) in [5.41, 5.74) is -0.927. The minimum absolute atomic E-state index is 0.331. The van der Waals surface area contributed by atoms with Crippen molar-refractivity contribution in [3.05, 3.63) is 24.3 Å². The van der Waals surface area contributed by atoms with Gasteiger partial charge in [0, 0.05) is 19.2 Å². The molecule has 0 saturated heterocycles. The lowest BCUT2D eigenvalue weighted by Crippen LogP contribution is -2.49. The number of benzene rings is 1. The molecule has 20 heavy (non-hydrogen) atoms. The van der Waals surface area contributed by atoms with E-state index in [-0.39, 0.29) is 0 Å². The molecular formula is C15H23NO4. The molecule has 0 heterocycles. The summed E-state index contributed by atoms with van der Waals surface area (Å²) in [6.07, 6.45) is 0.331. The third-order valence-corrected chi connectivity index (χ3v) is 3.31. The Balaban J connectivity index is 2.93. The Morgan fingerprint density at radius 3 is 2.15 bits per heavy atom. The number of carboxylic acid groups (broad SMARTS) is 1. The molecule has 0 bridgehead atoms. The second-order valence-corrected chi connectivity index (χ2v) is 5.63. The second-order valence-electron chi connectivity index (χ2n) is 5.63. The Bertz CT molecular complexity index is 455. The molecule has 0 aliphatic heterocycles. The molecule has 1 unspecified atom stereocenters. The highest BCUT2D eigenvalue weighted by Gasteiger charge is 2.39.